The van der Waals surface area contributed by atoms with Crippen molar-refractivity contribution in [1.82, 2.24) is 4.90 Å². The second kappa shape index (κ2) is 8.42. The number of amides is 1. The van der Waals surface area contributed by atoms with E-state index in [9.17, 15) is 14.4 Å². The topological polar surface area (TPSA) is 58.8 Å². The van der Waals surface area contributed by atoms with Crippen molar-refractivity contribution in [3.63, 3.8) is 0 Å². The third kappa shape index (κ3) is 3.46. The van der Waals surface area contributed by atoms with Gasteiger partial charge in [0.25, 0.3) is 0 Å². The Kier molecular flexibility index (Phi) is 5.88. The predicted octanol–water partition coefficient (Wildman–Crippen LogP) is 7.18. The van der Waals surface area contributed by atoms with E-state index >= 15 is 0 Å². The van der Waals surface area contributed by atoms with Gasteiger partial charge < -0.3 is 9.69 Å². The maximum atomic E-state index is 14.6. The van der Waals surface area contributed by atoms with Gasteiger partial charge in [-0.25, -0.2) is 4.85 Å². The van der Waals surface area contributed by atoms with Gasteiger partial charge in [0.2, 0.25) is 11.6 Å². The molecule has 3 saturated carbocycles. The van der Waals surface area contributed by atoms with Crippen LogP contribution in [-0.4, -0.2) is 35.5 Å². The Labute approximate surface area is 241 Å². The van der Waals surface area contributed by atoms with Gasteiger partial charge >= 0.3 is 0 Å². The largest absolute Gasteiger partial charge is 0.342 e. The molecule has 0 unspecified atom stereocenters. The summed E-state index contributed by atoms with van der Waals surface area (Å²) in [5.74, 6) is 0.763. The van der Waals surface area contributed by atoms with E-state index in [1.807, 2.05) is 26.0 Å². The maximum Gasteiger partial charge on any atom is 0.226 e. The van der Waals surface area contributed by atoms with E-state index in [2.05, 4.69) is 44.4 Å². The van der Waals surface area contributed by atoms with Crippen LogP contribution in [0.15, 0.2) is 23.4 Å². The van der Waals surface area contributed by atoms with Crippen LogP contribution in [0, 0.1) is 56.8 Å². The van der Waals surface area contributed by atoms with E-state index in [1.54, 1.807) is 0 Å². The zero-order valence-electron chi connectivity index (χ0n) is 25.8. The minimum absolute atomic E-state index is 0.00852. The molecule has 5 nitrogen and oxygen atoms in total. The van der Waals surface area contributed by atoms with E-state index in [0.29, 0.717) is 12.3 Å². The molecule has 0 aromatic heterocycles. The molecule has 40 heavy (non-hydrogen) atoms. The molecule has 1 saturated heterocycles. The first kappa shape index (κ1) is 27.9. The fourth-order valence-corrected chi connectivity index (χ4v) is 11.2. The normalized spacial score (nSPS) is 45.4. The maximum absolute atomic E-state index is 14.6. The molecule has 6 aliphatic rings. The van der Waals surface area contributed by atoms with Gasteiger partial charge in [0.05, 0.1) is 6.57 Å². The van der Waals surface area contributed by atoms with Crippen molar-refractivity contribution >= 4 is 17.5 Å². The SMILES string of the molecule is [C-]#[N+]C1=C[C@]2(C)C3=CC(=O)[C@@H]4[C@@H]5CC(C)(C)CC[C@]5(CN5CCCC5=O)CC[C@@]4(C)[C@]3(C)CC[C@H]2C(C)(C)C1=O. The number of allylic oxidation sites excluding steroid dienone is 4. The molecular formula is C35H48N2O3. The predicted molar refractivity (Wildman–Crippen MR) is 156 cm³/mol. The molecule has 6 rings (SSSR count). The van der Waals surface area contributed by atoms with Crippen LogP contribution in [0.2, 0.25) is 0 Å². The molecule has 0 aromatic rings. The minimum Gasteiger partial charge on any atom is -0.342 e. The Balaban J connectivity index is 1.48. The monoisotopic (exact) mass is 544 g/mol. The lowest BCUT2D eigenvalue weighted by Crippen LogP contribution is -2.65. The molecule has 1 heterocycles. The van der Waals surface area contributed by atoms with Gasteiger partial charge in [0.15, 0.2) is 11.6 Å². The van der Waals surface area contributed by atoms with Crippen LogP contribution >= 0.6 is 0 Å². The third-order valence-electron chi connectivity index (χ3n) is 13.7. The lowest BCUT2D eigenvalue weighted by atomic mass is 9.34. The molecule has 4 fully saturated rings. The number of ketones is 2. The lowest BCUT2D eigenvalue weighted by molar-refractivity contribution is -0.175. The molecule has 1 aliphatic heterocycles. The Morgan fingerprint density at radius 1 is 0.975 bits per heavy atom. The molecule has 5 heteroatoms. The summed E-state index contributed by atoms with van der Waals surface area (Å²) in [6.45, 7) is 25.2. The van der Waals surface area contributed by atoms with Crippen molar-refractivity contribution < 1.29 is 14.4 Å². The number of fused-ring (bicyclic) bond motifs is 7. The quantitative estimate of drug-likeness (QED) is 0.346. The number of carbonyl (C=O) groups is 3. The zero-order valence-corrected chi connectivity index (χ0v) is 25.8. The van der Waals surface area contributed by atoms with E-state index in [0.717, 1.165) is 64.5 Å². The second-order valence-corrected chi connectivity index (χ2v) is 16.5. The smallest absolute Gasteiger partial charge is 0.226 e. The molecule has 0 radical (unpaired) electrons. The number of Topliss-reactive ketones (excluding diaryl/α,β-unsaturated/α-hetero) is 1. The Morgan fingerprint density at radius 2 is 1.68 bits per heavy atom. The average Bonchev–Trinajstić information content (AvgIpc) is 3.27. The number of likely N-dealkylation sites (tertiary alicyclic amines) is 1. The van der Waals surface area contributed by atoms with Crippen molar-refractivity contribution in [2.45, 2.75) is 106 Å². The summed E-state index contributed by atoms with van der Waals surface area (Å²) in [4.78, 5) is 46.5. The van der Waals surface area contributed by atoms with Crippen LogP contribution in [0.4, 0.5) is 0 Å². The van der Waals surface area contributed by atoms with Gasteiger partial charge in [-0.3, -0.25) is 9.59 Å². The van der Waals surface area contributed by atoms with Gasteiger partial charge in [0, 0.05) is 36.3 Å². The highest BCUT2D eigenvalue weighted by Crippen LogP contribution is 2.74. The second-order valence-electron chi connectivity index (χ2n) is 16.5. The van der Waals surface area contributed by atoms with E-state index in [-0.39, 0.29) is 56.7 Å². The minimum atomic E-state index is -0.635. The first-order valence-corrected chi connectivity index (χ1v) is 15.7. The van der Waals surface area contributed by atoms with Gasteiger partial charge in [0.1, 0.15) is 0 Å². The first-order valence-electron chi connectivity index (χ1n) is 15.7. The molecule has 0 aromatic carbocycles. The summed E-state index contributed by atoms with van der Waals surface area (Å²) in [5, 5.41) is 0. The number of nitrogens with zero attached hydrogens (tertiary/aromatic N) is 2. The van der Waals surface area contributed by atoms with Crippen LogP contribution in [0.5, 0.6) is 0 Å². The zero-order chi connectivity index (χ0) is 29.1. The lowest BCUT2D eigenvalue weighted by Gasteiger charge is -2.69. The average molecular weight is 545 g/mol. The fourth-order valence-electron chi connectivity index (χ4n) is 11.2. The summed E-state index contributed by atoms with van der Waals surface area (Å²) in [5.41, 5.74) is 0.0795. The number of carbonyl (C=O) groups excluding carboxylic acids is 3. The van der Waals surface area contributed by atoms with Crippen molar-refractivity contribution in [2.75, 3.05) is 13.1 Å². The molecule has 5 aliphatic carbocycles. The van der Waals surface area contributed by atoms with Gasteiger partial charge in [-0.05, 0) is 90.9 Å². The first-order chi connectivity index (χ1) is 18.5. The van der Waals surface area contributed by atoms with E-state index in [1.165, 1.54) is 5.57 Å². The van der Waals surface area contributed by atoms with Crippen LogP contribution in [0.3, 0.4) is 0 Å². The summed E-state index contributed by atoms with van der Waals surface area (Å²) >= 11 is 0. The molecule has 0 spiro atoms. The molecule has 216 valence electrons. The van der Waals surface area contributed by atoms with Crippen molar-refractivity contribution in [3.8, 4) is 0 Å². The van der Waals surface area contributed by atoms with Crippen molar-refractivity contribution in [2.24, 2.45) is 50.2 Å². The molecule has 7 atom stereocenters. The molecular weight excluding hydrogens is 496 g/mol. The summed E-state index contributed by atoms with van der Waals surface area (Å²) in [7, 11) is 0. The van der Waals surface area contributed by atoms with Crippen molar-refractivity contribution in [1.29, 1.82) is 0 Å². The Hall–Kier alpha value is -2.22. The standard InChI is InChI=1S/C35H48N2O3/c1-30(2)13-15-35(21-37-17-9-10-27(37)39)16-14-34(7)28(22(35)19-30)24(38)18-26-32(5)20-23(36-8)29(40)31(3,4)25(32)11-12-33(26,34)6/h18,20,22,25,28H,9-17,19,21H2,1-7H3/t22-,25-,28-,32-,33+,34+,35+/m0/s1. The number of hydrogen-bond acceptors (Lipinski definition) is 3. The molecule has 0 N–H and O–H groups in total. The highest BCUT2D eigenvalue weighted by atomic mass is 16.2. The highest BCUT2D eigenvalue weighted by Gasteiger charge is 2.69. The van der Waals surface area contributed by atoms with Crippen LogP contribution in [0.25, 0.3) is 4.85 Å². The van der Waals surface area contributed by atoms with Gasteiger partial charge in [-0.2, -0.15) is 0 Å². The number of hydrogen-bond donors (Lipinski definition) is 0. The summed E-state index contributed by atoms with van der Waals surface area (Å²) in [6, 6.07) is 0. The van der Waals surface area contributed by atoms with Crippen LogP contribution in [0.1, 0.15) is 106 Å². The van der Waals surface area contributed by atoms with Crippen LogP contribution in [-0.2, 0) is 14.4 Å². The van der Waals surface area contributed by atoms with E-state index < -0.39 is 10.8 Å². The Bertz CT molecular complexity index is 1300. The van der Waals surface area contributed by atoms with E-state index in [4.69, 9.17) is 6.57 Å². The highest BCUT2D eigenvalue weighted by molar-refractivity contribution is 6.03. The fraction of sp³-hybridized carbons (Fsp3) is 0.771. The van der Waals surface area contributed by atoms with Crippen LogP contribution < -0.4 is 0 Å². The number of rotatable bonds is 2. The molecule has 1 amide bonds. The summed E-state index contributed by atoms with van der Waals surface area (Å²) in [6.07, 6.45) is 12.8. The van der Waals surface area contributed by atoms with Crippen molar-refractivity contribution in [3.05, 3.63) is 34.8 Å². The van der Waals surface area contributed by atoms with Gasteiger partial charge in [-0.1, -0.05) is 60.1 Å². The summed E-state index contributed by atoms with van der Waals surface area (Å²) < 4.78 is 0. The Morgan fingerprint density at radius 3 is 2.33 bits per heavy atom. The third-order valence-corrected chi connectivity index (χ3v) is 13.7. The van der Waals surface area contributed by atoms with Gasteiger partial charge in [-0.15, -0.1) is 0 Å². The molecule has 0 bridgehead atoms.